The largest absolute Gasteiger partial charge is 0.497 e. The number of benzene rings is 1. The maximum Gasteiger partial charge on any atom is 0.269 e. The van der Waals surface area contributed by atoms with Gasteiger partial charge in [-0.1, -0.05) is 6.07 Å². The minimum absolute atomic E-state index is 0.162. The smallest absolute Gasteiger partial charge is 0.269 e. The number of pyridine rings is 1. The zero-order chi connectivity index (χ0) is 23.4. The van der Waals surface area contributed by atoms with Gasteiger partial charge in [0.05, 0.1) is 7.11 Å². The number of H-pyrrole nitrogens is 1. The van der Waals surface area contributed by atoms with Gasteiger partial charge >= 0.3 is 0 Å². The third kappa shape index (κ3) is 5.01. The van der Waals surface area contributed by atoms with Crippen molar-refractivity contribution < 1.29 is 9.53 Å². The molecule has 2 aromatic heterocycles. The molecule has 1 aromatic carbocycles. The number of imidazole rings is 1. The van der Waals surface area contributed by atoms with Gasteiger partial charge < -0.3 is 19.9 Å². The molecule has 8 nitrogen and oxygen atoms in total. The summed E-state index contributed by atoms with van der Waals surface area (Å²) >= 11 is 0. The van der Waals surface area contributed by atoms with Gasteiger partial charge in [0.1, 0.15) is 28.8 Å². The van der Waals surface area contributed by atoms with Gasteiger partial charge in [0, 0.05) is 50.9 Å². The SMILES string of the molecule is CNC(=O)c1[nH]c(C2CCN(Cc3cccnc3N(C)C)CC2)nc1-c1ccc(OC)cc1. The Hall–Kier alpha value is -3.39. The highest BCUT2D eigenvalue weighted by atomic mass is 16.5. The molecule has 0 spiro atoms. The van der Waals surface area contributed by atoms with Gasteiger partial charge in [-0.15, -0.1) is 0 Å². The van der Waals surface area contributed by atoms with Crippen LogP contribution in [-0.2, 0) is 6.54 Å². The van der Waals surface area contributed by atoms with Gasteiger partial charge in [0.2, 0.25) is 0 Å². The number of aromatic nitrogens is 3. The van der Waals surface area contributed by atoms with Crippen molar-refractivity contribution >= 4 is 11.7 Å². The number of aromatic amines is 1. The van der Waals surface area contributed by atoms with Crippen molar-refractivity contribution in [2.24, 2.45) is 0 Å². The Morgan fingerprint density at radius 3 is 2.58 bits per heavy atom. The molecule has 0 atom stereocenters. The summed E-state index contributed by atoms with van der Waals surface area (Å²) in [6.45, 7) is 2.83. The summed E-state index contributed by atoms with van der Waals surface area (Å²) in [5.41, 5.74) is 3.32. The second-order valence-corrected chi connectivity index (χ2v) is 8.58. The number of anilines is 1. The van der Waals surface area contributed by atoms with Crippen LogP contribution in [-0.4, -0.2) is 67.1 Å². The fraction of sp³-hybridized carbons (Fsp3) is 0.400. The molecule has 8 heteroatoms. The summed E-state index contributed by atoms with van der Waals surface area (Å²) in [6.07, 6.45) is 3.81. The lowest BCUT2D eigenvalue weighted by Gasteiger charge is -2.31. The van der Waals surface area contributed by atoms with Gasteiger partial charge in [0.25, 0.3) is 5.91 Å². The van der Waals surface area contributed by atoms with Crippen LogP contribution in [0.25, 0.3) is 11.3 Å². The lowest BCUT2D eigenvalue weighted by atomic mass is 9.96. The van der Waals surface area contributed by atoms with Gasteiger partial charge in [-0.05, 0) is 56.3 Å². The summed E-state index contributed by atoms with van der Waals surface area (Å²) in [4.78, 5) is 29.8. The highest BCUT2D eigenvalue weighted by molar-refractivity contribution is 5.98. The zero-order valence-corrected chi connectivity index (χ0v) is 19.8. The Balaban J connectivity index is 1.49. The average Bonchev–Trinajstić information content (AvgIpc) is 3.30. The Bertz CT molecular complexity index is 1080. The number of rotatable bonds is 7. The first-order valence-electron chi connectivity index (χ1n) is 11.3. The highest BCUT2D eigenvalue weighted by Crippen LogP contribution is 2.32. The lowest BCUT2D eigenvalue weighted by molar-refractivity contribution is 0.0959. The first-order chi connectivity index (χ1) is 16.0. The van der Waals surface area contributed by atoms with Crippen molar-refractivity contribution in [2.75, 3.05) is 46.2 Å². The third-order valence-corrected chi connectivity index (χ3v) is 6.20. The minimum atomic E-state index is -0.162. The number of nitrogens with zero attached hydrogens (tertiary/aromatic N) is 4. The van der Waals surface area contributed by atoms with Crippen molar-refractivity contribution in [3.05, 3.63) is 59.7 Å². The molecule has 3 heterocycles. The number of hydrogen-bond acceptors (Lipinski definition) is 6. The van der Waals surface area contributed by atoms with E-state index in [0.29, 0.717) is 17.3 Å². The summed E-state index contributed by atoms with van der Waals surface area (Å²) in [6, 6.07) is 11.8. The van der Waals surface area contributed by atoms with E-state index in [1.807, 2.05) is 50.6 Å². The summed E-state index contributed by atoms with van der Waals surface area (Å²) in [5.74, 6) is 2.80. The Morgan fingerprint density at radius 1 is 1.21 bits per heavy atom. The van der Waals surface area contributed by atoms with Crippen molar-refractivity contribution in [2.45, 2.75) is 25.3 Å². The summed E-state index contributed by atoms with van der Waals surface area (Å²) in [7, 11) is 7.33. The molecule has 0 saturated carbocycles. The van der Waals surface area contributed by atoms with E-state index >= 15 is 0 Å². The van der Waals surface area contributed by atoms with E-state index in [4.69, 9.17) is 9.72 Å². The Morgan fingerprint density at radius 2 is 1.94 bits per heavy atom. The van der Waals surface area contributed by atoms with E-state index in [9.17, 15) is 4.79 Å². The van der Waals surface area contributed by atoms with Crippen LogP contribution in [0.5, 0.6) is 5.75 Å². The number of amides is 1. The summed E-state index contributed by atoms with van der Waals surface area (Å²) in [5, 5.41) is 2.73. The van der Waals surface area contributed by atoms with Gasteiger partial charge in [-0.3, -0.25) is 9.69 Å². The van der Waals surface area contributed by atoms with Gasteiger partial charge in [-0.25, -0.2) is 9.97 Å². The van der Waals surface area contributed by atoms with Crippen LogP contribution in [0.3, 0.4) is 0 Å². The molecule has 1 saturated heterocycles. The number of carbonyl (C=O) groups excluding carboxylic acids is 1. The normalized spacial score (nSPS) is 14.8. The van der Waals surface area contributed by atoms with Crippen molar-refractivity contribution in [1.29, 1.82) is 0 Å². The first-order valence-corrected chi connectivity index (χ1v) is 11.3. The molecule has 1 amide bonds. The molecule has 0 unspecified atom stereocenters. The van der Waals surface area contributed by atoms with Crippen LogP contribution in [0, 0.1) is 0 Å². The molecule has 1 fully saturated rings. The molecule has 2 N–H and O–H groups in total. The van der Waals surface area contributed by atoms with E-state index in [1.54, 1.807) is 14.2 Å². The molecule has 4 rings (SSSR count). The lowest BCUT2D eigenvalue weighted by Crippen LogP contribution is -2.33. The maximum absolute atomic E-state index is 12.5. The van der Waals surface area contributed by atoms with E-state index in [-0.39, 0.29) is 5.91 Å². The number of likely N-dealkylation sites (tertiary alicyclic amines) is 1. The number of nitrogens with one attached hydrogen (secondary N) is 2. The van der Waals surface area contributed by atoms with Crippen LogP contribution in [0.1, 0.15) is 40.6 Å². The molecule has 33 heavy (non-hydrogen) atoms. The summed E-state index contributed by atoms with van der Waals surface area (Å²) < 4.78 is 5.26. The number of carbonyl (C=O) groups is 1. The third-order valence-electron chi connectivity index (χ3n) is 6.20. The van der Waals surface area contributed by atoms with Crippen molar-refractivity contribution in [1.82, 2.24) is 25.2 Å². The molecule has 174 valence electrons. The first kappa shape index (κ1) is 22.8. The van der Waals surface area contributed by atoms with E-state index in [1.165, 1.54) is 5.56 Å². The molecule has 1 aliphatic rings. The zero-order valence-electron chi connectivity index (χ0n) is 19.8. The quantitative estimate of drug-likeness (QED) is 0.577. The van der Waals surface area contributed by atoms with Crippen molar-refractivity contribution in [3.63, 3.8) is 0 Å². The van der Waals surface area contributed by atoms with Gasteiger partial charge in [-0.2, -0.15) is 0 Å². The van der Waals surface area contributed by atoms with Crippen molar-refractivity contribution in [3.8, 4) is 17.0 Å². The van der Waals surface area contributed by atoms with Crippen LogP contribution < -0.4 is 15.0 Å². The van der Waals surface area contributed by atoms with E-state index < -0.39 is 0 Å². The number of methoxy groups -OCH3 is 1. The van der Waals surface area contributed by atoms with Gasteiger partial charge in [0.15, 0.2) is 0 Å². The van der Waals surface area contributed by atoms with Crippen LogP contribution in [0.2, 0.25) is 0 Å². The minimum Gasteiger partial charge on any atom is -0.497 e. The monoisotopic (exact) mass is 448 g/mol. The van der Waals surface area contributed by atoms with Crippen LogP contribution >= 0.6 is 0 Å². The second-order valence-electron chi connectivity index (χ2n) is 8.58. The Labute approximate surface area is 195 Å². The molecule has 0 radical (unpaired) electrons. The maximum atomic E-state index is 12.5. The molecular weight excluding hydrogens is 416 g/mol. The van der Waals surface area contributed by atoms with Crippen LogP contribution in [0.15, 0.2) is 42.6 Å². The molecular formula is C25H32N6O2. The van der Waals surface area contributed by atoms with Crippen LogP contribution in [0.4, 0.5) is 5.82 Å². The number of ether oxygens (including phenoxy) is 1. The molecule has 1 aliphatic heterocycles. The fourth-order valence-corrected chi connectivity index (χ4v) is 4.39. The molecule has 3 aromatic rings. The van der Waals surface area contributed by atoms with E-state index in [2.05, 4.69) is 31.2 Å². The fourth-order valence-electron chi connectivity index (χ4n) is 4.39. The number of piperidine rings is 1. The number of hydrogen-bond donors (Lipinski definition) is 2. The average molecular weight is 449 g/mol. The molecule has 0 aliphatic carbocycles. The highest BCUT2D eigenvalue weighted by Gasteiger charge is 2.27. The van der Waals surface area contributed by atoms with E-state index in [0.717, 1.165) is 55.4 Å². The standard InChI is InChI=1S/C25H32N6O2/c1-26-25(32)22-21(17-7-9-20(33-4)10-8-17)28-23(29-22)18-11-14-31(15-12-18)16-19-6-5-13-27-24(19)30(2)3/h5-10,13,18H,11-12,14-16H2,1-4H3,(H,26,32)(H,28,29). The topological polar surface area (TPSA) is 86.4 Å². The molecule has 0 bridgehead atoms. The second kappa shape index (κ2) is 10.0. The predicted octanol–water partition coefficient (Wildman–Crippen LogP) is 3.29. The Kier molecular flexibility index (Phi) is 6.93. The predicted molar refractivity (Wildman–Crippen MR) is 130 cm³/mol.